The van der Waals surface area contributed by atoms with E-state index in [-0.39, 0.29) is 0 Å². The molecule has 0 spiro atoms. The fraction of sp³-hybridized carbons (Fsp3) is 0.417. The number of aliphatic hydroxyl groups is 1. The molecule has 0 aliphatic carbocycles. The first-order valence-corrected chi connectivity index (χ1v) is 5.14. The van der Waals surface area contributed by atoms with Crippen LogP contribution in [0.4, 0.5) is 10.1 Å². The largest absolute Gasteiger partial charge is 0.465 e. The van der Waals surface area contributed by atoms with Gasteiger partial charge in [-0.1, -0.05) is 0 Å². The van der Waals surface area contributed by atoms with Crippen LogP contribution < -0.4 is 4.90 Å². The number of hydrogen-bond acceptors (Lipinski definition) is 4. The van der Waals surface area contributed by atoms with Gasteiger partial charge in [-0.25, -0.2) is 9.18 Å². The Hall–Kier alpha value is -1.62. The Balaban J connectivity index is 3.23. The summed E-state index contributed by atoms with van der Waals surface area (Å²) in [5.74, 6) is -0.511. The zero-order valence-corrected chi connectivity index (χ0v) is 10.1. The van der Waals surface area contributed by atoms with Crippen LogP contribution in [0.3, 0.4) is 0 Å². The van der Waals surface area contributed by atoms with Crippen LogP contribution in [0.2, 0.25) is 0 Å². The van der Waals surface area contributed by atoms with Gasteiger partial charge in [0, 0.05) is 25.3 Å². The van der Waals surface area contributed by atoms with Crippen LogP contribution in [0.25, 0.3) is 0 Å². The van der Waals surface area contributed by atoms with Crippen molar-refractivity contribution < 1.29 is 19.0 Å². The average Bonchev–Trinajstić information content (AvgIpc) is 2.35. The maximum absolute atomic E-state index is 12.5. The molecule has 0 fully saturated rings. The van der Waals surface area contributed by atoms with Crippen LogP contribution in [0, 0.1) is 0 Å². The number of aliphatic hydroxyl groups excluding tert-OH is 1. The number of rotatable bonds is 4. The van der Waals surface area contributed by atoms with E-state index >= 15 is 0 Å². The van der Waals surface area contributed by atoms with Crippen molar-refractivity contribution >= 4 is 11.7 Å². The van der Waals surface area contributed by atoms with Gasteiger partial charge < -0.3 is 14.7 Å². The van der Waals surface area contributed by atoms with Crippen LogP contribution in [0.5, 0.6) is 0 Å². The fourth-order valence-corrected chi connectivity index (χ4v) is 1.56. The number of carbonyl (C=O) groups excluding carboxylic acids is 1. The summed E-state index contributed by atoms with van der Waals surface area (Å²) in [5, 5.41) is 9.58. The lowest BCUT2D eigenvalue weighted by Gasteiger charge is -2.20. The Kier molecular flexibility index (Phi) is 4.45. The van der Waals surface area contributed by atoms with Gasteiger partial charge in [0.05, 0.1) is 12.7 Å². The average molecular weight is 241 g/mol. The molecule has 17 heavy (non-hydrogen) atoms. The molecule has 1 N–H and O–H groups in total. The molecule has 1 rings (SSSR count). The number of nitrogens with zero attached hydrogens (tertiary/aromatic N) is 1. The maximum Gasteiger partial charge on any atom is 0.337 e. The van der Waals surface area contributed by atoms with Gasteiger partial charge in [0.15, 0.2) is 0 Å². The summed E-state index contributed by atoms with van der Waals surface area (Å²) in [6.45, 7) is -0.897. The third-order valence-electron chi connectivity index (χ3n) is 2.44. The van der Waals surface area contributed by atoms with Gasteiger partial charge in [0.1, 0.15) is 12.8 Å². The van der Waals surface area contributed by atoms with Crippen LogP contribution in [-0.4, -0.2) is 39.0 Å². The molecule has 0 saturated heterocycles. The molecule has 94 valence electrons. The van der Waals surface area contributed by atoms with E-state index in [2.05, 4.69) is 4.74 Å². The van der Waals surface area contributed by atoms with Gasteiger partial charge in [-0.3, -0.25) is 0 Å². The molecule has 0 radical (unpaired) electrons. The summed E-state index contributed by atoms with van der Waals surface area (Å²) in [6.07, 6.45) is -1.24. The first-order valence-electron chi connectivity index (χ1n) is 5.14. The maximum atomic E-state index is 12.5. The normalized spacial score (nSPS) is 12.1. The highest BCUT2D eigenvalue weighted by Gasteiger charge is 2.16. The van der Waals surface area contributed by atoms with Crippen LogP contribution in [0.1, 0.15) is 22.0 Å². The number of esters is 1. The van der Waals surface area contributed by atoms with Crippen molar-refractivity contribution in [1.29, 1.82) is 0 Å². The van der Waals surface area contributed by atoms with E-state index < -0.39 is 18.7 Å². The molecule has 0 amide bonds. The Bertz CT molecular complexity index is 407. The van der Waals surface area contributed by atoms with Crippen molar-refractivity contribution in [2.45, 2.75) is 6.10 Å². The molecule has 0 aliphatic rings. The zero-order valence-electron chi connectivity index (χ0n) is 10.1. The van der Waals surface area contributed by atoms with Crippen LogP contribution in [0.15, 0.2) is 18.2 Å². The molecule has 0 aliphatic heterocycles. The van der Waals surface area contributed by atoms with E-state index in [0.717, 1.165) is 0 Å². The predicted molar refractivity (Wildman–Crippen MR) is 63.0 cm³/mol. The highest BCUT2D eigenvalue weighted by molar-refractivity contribution is 5.90. The molecule has 0 saturated carbocycles. The van der Waals surface area contributed by atoms with Crippen molar-refractivity contribution in [3.8, 4) is 0 Å². The Morgan fingerprint density at radius 2 is 2.18 bits per heavy atom. The first kappa shape index (κ1) is 13.4. The van der Waals surface area contributed by atoms with Gasteiger partial charge in [-0.05, 0) is 18.2 Å². The Morgan fingerprint density at radius 3 is 2.65 bits per heavy atom. The molecular formula is C12H16FNO3. The van der Waals surface area contributed by atoms with Crippen molar-refractivity contribution in [3.05, 3.63) is 29.3 Å². The molecule has 1 aromatic rings. The second kappa shape index (κ2) is 5.63. The van der Waals surface area contributed by atoms with E-state index in [1.807, 2.05) is 0 Å². The number of anilines is 1. The van der Waals surface area contributed by atoms with Crippen molar-refractivity contribution in [2.75, 3.05) is 32.8 Å². The van der Waals surface area contributed by atoms with Crippen LogP contribution in [-0.2, 0) is 4.74 Å². The lowest BCUT2D eigenvalue weighted by Crippen LogP contribution is -2.15. The standard InChI is InChI=1S/C12H16FNO3/c1-14(2)10-5-4-8(12(16)17-3)6-9(10)11(15)7-13/h4-6,11,15H,7H2,1-3H3. The lowest BCUT2D eigenvalue weighted by molar-refractivity contribution is 0.0600. The molecule has 1 aromatic carbocycles. The van der Waals surface area contributed by atoms with Gasteiger partial charge in [-0.15, -0.1) is 0 Å². The SMILES string of the molecule is COC(=O)c1ccc(N(C)C)c(C(O)CF)c1. The Labute approximate surface area is 99.6 Å². The minimum absolute atomic E-state index is 0.292. The van der Waals surface area contributed by atoms with Gasteiger partial charge >= 0.3 is 5.97 Å². The first-order chi connectivity index (χ1) is 8.01. The number of hydrogen-bond donors (Lipinski definition) is 1. The smallest absolute Gasteiger partial charge is 0.337 e. The third kappa shape index (κ3) is 2.94. The van der Waals surface area contributed by atoms with Crippen LogP contribution >= 0.6 is 0 Å². The van der Waals surface area contributed by atoms with E-state index in [0.29, 0.717) is 16.8 Å². The summed E-state index contributed by atoms with van der Waals surface area (Å²) < 4.78 is 17.1. The van der Waals surface area contributed by atoms with Gasteiger partial charge in [0.25, 0.3) is 0 Å². The third-order valence-corrected chi connectivity index (χ3v) is 2.44. The molecule has 0 heterocycles. The molecule has 5 heteroatoms. The summed E-state index contributed by atoms with van der Waals surface area (Å²) in [5.41, 5.74) is 1.34. The highest BCUT2D eigenvalue weighted by Crippen LogP contribution is 2.27. The Morgan fingerprint density at radius 1 is 1.53 bits per heavy atom. The van der Waals surface area contributed by atoms with Gasteiger partial charge in [0.2, 0.25) is 0 Å². The van der Waals surface area contributed by atoms with E-state index in [1.54, 1.807) is 31.1 Å². The molecular weight excluding hydrogens is 225 g/mol. The molecule has 0 bridgehead atoms. The monoisotopic (exact) mass is 241 g/mol. The number of ether oxygens (including phenoxy) is 1. The lowest BCUT2D eigenvalue weighted by atomic mass is 10.0. The molecule has 1 atom stereocenters. The number of alkyl halides is 1. The number of methoxy groups -OCH3 is 1. The number of benzene rings is 1. The van der Waals surface area contributed by atoms with Crippen molar-refractivity contribution in [2.24, 2.45) is 0 Å². The molecule has 1 unspecified atom stereocenters. The van der Waals surface area contributed by atoms with Gasteiger partial charge in [-0.2, -0.15) is 0 Å². The number of carbonyl (C=O) groups is 1. The zero-order chi connectivity index (χ0) is 13.0. The van der Waals surface area contributed by atoms with Crippen molar-refractivity contribution in [1.82, 2.24) is 0 Å². The fourth-order valence-electron chi connectivity index (χ4n) is 1.56. The molecule has 4 nitrogen and oxygen atoms in total. The topological polar surface area (TPSA) is 49.8 Å². The molecule has 0 aromatic heterocycles. The second-order valence-electron chi connectivity index (χ2n) is 3.83. The highest BCUT2D eigenvalue weighted by atomic mass is 19.1. The van der Waals surface area contributed by atoms with E-state index in [9.17, 15) is 14.3 Å². The quantitative estimate of drug-likeness (QED) is 0.812. The summed E-state index contributed by atoms with van der Waals surface area (Å²) in [6, 6.07) is 4.68. The van der Waals surface area contributed by atoms with Crippen molar-refractivity contribution in [3.63, 3.8) is 0 Å². The summed E-state index contributed by atoms with van der Waals surface area (Å²) >= 11 is 0. The predicted octanol–water partition coefficient (Wildman–Crippen LogP) is 1.54. The summed E-state index contributed by atoms with van der Waals surface area (Å²) in [7, 11) is 4.83. The minimum atomic E-state index is -1.24. The van der Waals surface area contributed by atoms with E-state index in [4.69, 9.17) is 0 Å². The second-order valence-corrected chi connectivity index (χ2v) is 3.83. The minimum Gasteiger partial charge on any atom is -0.465 e. The van der Waals surface area contributed by atoms with E-state index in [1.165, 1.54) is 13.2 Å². The summed E-state index contributed by atoms with van der Waals surface area (Å²) in [4.78, 5) is 13.1. The number of halogens is 1.